The monoisotopic (exact) mass is 271 g/mol. The van der Waals surface area contributed by atoms with Crippen LogP contribution in [0.4, 0.5) is 0 Å². The van der Waals surface area contributed by atoms with E-state index in [4.69, 9.17) is 4.74 Å². The second kappa shape index (κ2) is 4.88. The van der Waals surface area contributed by atoms with Crippen LogP contribution in [0, 0.1) is 5.92 Å². The lowest BCUT2D eigenvalue weighted by atomic mass is 9.88. The molecule has 4 rings (SSSR count). The fourth-order valence-electron chi connectivity index (χ4n) is 4.14. The molecule has 3 aliphatic rings. The zero-order valence-electron chi connectivity index (χ0n) is 11.7. The lowest BCUT2D eigenvalue weighted by Crippen LogP contribution is -2.31. The largest absolute Gasteiger partial charge is 0.457 e. The summed E-state index contributed by atoms with van der Waals surface area (Å²) in [6, 6.07) is 9.31. The summed E-state index contributed by atoms with van der Waals surface area (Å²) in [4.78, 5) is 12.5. The van der Waals surface area contributed by atoms with Crippen LogP contribution in [0.25, 0.3) is 0 Å². The SMILES string of the molecule is O=C(OC1CCCc2ccccc21)C1CC2CCC1N2. The van der Waals surface area contributed by atoms with Crippen molar-refractivity contribution in [2.24, 2.45) is 5.92 Å². The van der Waals surface area contributed by atoms with Crippen molar-refractivity contribution in [1.82, 2.24) is 5.32 Å². The van der Waals surface area contributed by atoms with Gasteiger partial charge in [-0.15, -0.1) is 0 Å². The first-order valence-corrected chi connectivity index (χ1v) is 7.85. The molecule has 106 valence electrons. The Bertz CT molecular complexity index is 527. The van der Waals surface area contributed by atoms with Gasteiger partial charge in [0.05, 0.1) is 5.92 Å². The molecule has 1 N–H and O–H groups in total. The van der Waals surface area contributed by atoms with Crippen LogP contribution in [0.2, 0.25) is 0 Å². The van der Waals surface area contributed by atoms with Crippen LogP contribution in [0.15, 0.2) is 24.3 Å². The van der Waals surface area contributed by atoms with Gasteiger partial charge >= 0.3 is 5.97 Å². The molecule has 2 fully saturated rings. The van der Waals surface area contributed by atoms with Crippen LogP contribution in [-0.4, -0.2) is 18.1 Å². The Morgan fingerprint density at radius 3 is 2.90 bits per heavy atom. The molecule has 20 heavy (non-hydrogen) atoms. The van der Waals surface area contributed by atoms with E-state index in [-0.39, 0.29) is 18.0 Å². The Morgan fingerprint density at radius 1 is 1.20 bits per heavy atom. The van der Waals surface area contributed by atoms with Crippen molar-refractivity contribution in [2.45, 2.75) is 56.7 Å². The van der Waals surface area contributed by atoms with Gasteiger partial charge in [0, 0.05) is 12.1 Å². The Balaban J connectivity index is 1.48. The number of aryl methyl sites for hydroxylation is 1. The van der Waals surface area contributed by atoms with Crippen molar-refractivity contribution < 1.29 is 9.53 Å². The minimum absolute atomic E-state index is 0.0198. The number of ether oxygens (including phenoxy) is 1. The summed E-state index contributed by atoms with van der Waals surface area (Å²) in [6.45, 7) is 0. The van der Waals surface area contributed by atoms with Crippen molar-refractivity contribution in [3.63, 3.8) is 0 Å². The smallest absolute Gasteiger partial charge is 0.311 e. The Kier molecular flexibility index (Phi) is 3.03. The number of benzene rings is 1. The van der Waals surface area contributed by atoms with Gasteiger partial charge in [0.2, 0.25) is 0 Å². The molecule has 0 saturated carbocycles. The third kappa shape index (κ3) is 2.05. The van der Waals surface area contributed by atoms with Gasteiger partial charge in [-0.25, -0.2) is 0 Å². The summed E-state index contributed by atoms with van der Waals surface area (Å²) in [5.74, 6) is 0.106. The van der Waals surface area contributed by atoms with Gasteiger partial charge < -0.3 is 10.1 Å². The second-order valence-electron chi connectivity index (χ2n) is 6.41. The maximum Gasteiger partial charge on any atom is 0.311 e. The van der Waals surface area contributed by atoms with Gasteiger partial charge in [-0.3, -0.25) is 4.79 Å². The highest BCUT2D eigenvalue weighted by molar-refractivity contribution is 5.74. The highest BCUT2D eigenvalue weighted by Crippen LogP contribution is 2.37. The first-order chi connectivity index (χ1) is 9.81. The quantitative estimate of drug-likeness (QED) is 0.841. The van der Waals surface area contributed by atoms with E-state index in [9.17, 15) is 4.79 Å². The highest BCUT2D eigenvalue weighted by atomic mass is 16.5. The molecule has 4 atom stereocenters. The zero-order chi connectivity index (χ0) is 13.5. The van der Waals surface area contributed by atoms with Crippen LogP contribution in [0.1, 0.15) is 49.3 Å². The highest BCUT2D eigenvalue weighted by Gasteiger charge is 2.44. The van der Waals surface area contributed by atoms with E-state index in [1.807, 2.05) is 6.07 Å². The van der Waals surface area contributed by atoms with E-state index in [2.05, 4.69) is 23.5 Å². The Labute approximate surface area is 119 Å². The minimum atomic E-state index is -0.0217. The molecule has 3 heteroatoms. The summed E-state index contributed by atoms with van der Waals surface area (Å²) >= 11 is 0. The van der Waals surface area contributed by atoms with Crippen molar-refractivity contribution >= 4 is 5.97 Å². The van der Waals surface area contributed by atoms with E-state index >= 15 is 0 Å². The number of nitrogens with one attached hydrogen (secondary N) is 1. The number of hydrogen-bond acceptors (Lipinski definition) is 3. The van der Waals surface area contributed by atoms with Crippen molar-refractivity contribution in [3.05, 3.63) is 35.4 Å². The zero-order valence-corrected chi connectivity index (χ0v) is 11.7. The molecule has 0 aromatic heterocycles. The summed E-state index contributed by atoms with van der Waals surface area (Å²) in [5, 5.41) is 3.51. The molecule has 2 aliphatic heterocycles. The Morgan fingerprint density at radius 2 is 2.10 bits per heavy atom. The molecule has 2 heterocycles. The minimum Gasteiger partial charge on any atom is -0.457 e. The number of carbonyl (C=O) groups excluding carboxylic acids is 1. The number of carbonyl (C=O) groups is 1. The average molecular weight is 271 g/mol. The van der Waals surface area contributed by atoms with Gasteiger partial charge in [0.25, 0.3) is 0 Å². The first-order valence-electron chi connectivity index (χ1n) is 7.85. The molecule has 3 nitrogen and oxygen atoms in total. The fourth-order valence-corrected chi connectivity index (χ4v) is 4.14. The molecule has 2 bridgehead atoms. The van der Waals surface area contributed by atoms with Crippen LogP contribution in [0.3, 0.4) is 0 Å². The summed E-state index contributed by atoms with van der Waals surface area (Å²) in [6.07, 6.45) is 6.50. The normalized spacial score (nSPS) is 34.8. The molecule has 1 aliphatic carbocycles. The molecule has 0 amide bonds. The van der Waals surface area contributed by atoms with Crippen LogP contribution < -0.4 is 5.32 Å². The maximum absolute atomic E-state index is 12.5. The summed E-state index contributed by atoms with van der Waals surface area (Å²) in [5.41, 5.74) is 2.57. The van der Waals surface area contributed by atoms with Gasteiger partial charge in [-0.2, -0.15) is 0 Å². The number of fused-ring (bicyclic) bond motifs is 3. The van der Waals surface area contributed by atoms with E-state index in [1.54, 1.807) is 0 Å². The molecule has 0 radical (unpaired) electrons. The van der Waals surface area contributed by atoms with Crippen molar-refractivity contribution in [3.8, 4) is 0 Å². The topological polar surface area (TPSA) is 38.3 Å². The predicted molar refractivity (Wildman–Crippen MR) is 76.3 cm³/mol. The van der Waals surface area contributed by atoms with Gasteiger partial charge in [-0.1, -0.05) is 24.3 Å². The first kappa shape index (κ1) is 12.4. The molecular weight excluding hydrogens is 250 g/mol. The van der Waals surface area contributed by atoms with Crippen molar-refractivity contribution in [2.75, 3.05) is 0 Å². The molecule has 4 unspecified atom stereocenters. The lowest BCUT2D eigenvalue weighted by Gasteiger charge is -2.28. The van der Waals surface area contributed by atoms with Gasteiger partial charge in [0.1, 0.15) is 6.10 Å². The van der Waals surface area contributed by atoms with E-state index < -0.39 is 0 Å². The average Bonchev–Trinajstić information content (AvgIpc) is 3.10. The summed E-state index contributed by atoms with van der Waals surface area (Å²) < 4.78 is 5.88. The fraction of sp³-hybridized carbons (Fsp3) is 0.588. The Hall–Kier alpha value is -1.35. The number of hydrogen-bond donors (Lipinski definition) is 1. The molecular formula is C17H21NO2. The van der Waals surface area contributed by atoms with Crippen LogP contribution >= 0.6 is 0 Å². The lowest BCUT2D eigenvalue weighted by molar-refractivity contribution is -0.156. The standard InChI is InChI=1S/C17H21NO2/c19-17(14-10-12-8-9-15(14)18-12)20-16-7-3-5-11-4-1-2-6-13(11)16/h1-2,4,6,12,14-16,18H,3,5,7-10H2. The van der Waals surface area contributed by atoms with Crippen LogP contribution in [-0.2, 0) is 16.0 Å². The van der Waals surface area contributed by atoms with E-state index in [0.717, 1.165) is 32.1 Å². The molecule has 2 saturated heterocycles. The van der Waals surface area contributed by atoms with Gasteiger partial charge in [0.15, 0.2) is 0 Å². The van der Waals surface area contributed by atoms with Crippen molar-refractivity contribution in [1.29, 1.82) is 0 Å². The third-order valence-corrected chi connectivity index (χ3v) is 5.18. The maximum atomic E-state index is 12.5. The molecule has 0 spiro atoms. The summed E-state index contributed by atoms with van der Waals surface area (Å²) in [7, 11) is 0. The molecule has 1 aromatic carbocycles. The molecule has 1 aromatic rings. The third-order valence-electron chi connectivity index (χ3n) is 5.18. The number of esters is 1. The van der Waals surface area contributed by atoms with Crippen LogP contribution in [0.5, 0.6) is 0 Å². The van der Waals surface area contributed by atoms with Gasteiger partial charge in [-0.05, 0) is 49.7 Å². The predicted octanol–water partition coefficient (Wildman–Crippen LogP) is 2.75. The second-order valence-corrected chi connectivity index (χ2v) is 6.41. The van der Waals surface area contributed by atoms with E-state index in [1.165, 1.54) is 17.5 Å². The van der Waals surface area contributed by atoms with E-state index in [0.29, 0.717) is 12.1 Å². The number of rotatable bonds is 2.